The van der Waals surface area contributed by atoms with Gasteiger partial charge in [-0.15, -0.1) is 11.3 Å². The van der Waals surface area contributed by atoms with Gasteiger partial charge in [0, 0.05) is 17.4 Å². The Balaban J connectivity index is 1.65. The predicted molar refractivity (Wildman–Crippen MR) is 101 cm³/mol. The van der Waals surface area contributed by atoms with Crippen molar-refractivity contribution in [3.8, 4) is 11.2 Å². The van der Waals surface area contributed by atoms with Gasteiger partial charge in [-0.2, -0.15) is 12.7 Å². The Morgan fingerprint density at radius 2 is 1.84 bits per heavy atom. The van der Waals surface area contributed by atoms with Crippen LogP contribution < -0.4 is 0 Å². The number of para-hydroxylation sites is 1. The molecule has 1 atom stereocenters. The van der Waals surface area contributed by atoms with Crippen molar-refractivity contribution in [3.05, 3.63) is 65.2 Å². The fourth-order valence-corrected chi connectivity index (χ4v) is 5.47. The molecule has 3 aromatic rings. The van der Waals surface area contributed by atoms with E-state index in [0.29, 0.717) is 12.1 Å². The van der Waals surface area contributed by atoms with E-state index in [1.54, 1.807) is 23.5 Å². The molecular formula is C19H16N2O2S2. The average molecular weight is 368 g/mol. The Hall–Kier alpha value is -2.20. The lowest BCUT2D eigenvalue weighted by molar-refractivity contribution is 0.403. The minimum atomic E-state index is -3.65. The van der Waals surface area contributed by atoms with Gasteiger partial charge in [-0.05, 0) is 43.0 Å². The normalized spacial score (nSPS) is 18.2. The number of aromatic nitrogens is 1. The van der Waals surface area contributed by atoms with Crippen molar-refractivity contribution in [2.45, 2.75) is 18.9 Å². The first-order chi connectivity index (χ1) is 12.1. The molecule has 1 aromatic heterocycles. The van der Waals surface area contributed by atoms with Crippen LogP contribution in [-0.2, 0) is 10.0 Å². The summed E-state index contributed by atoms with van der Waals surface area (Å²) >= 11 is 1.56. The van der Waals surface area contributed by atoms with Gasteiger partial charge in [0.2, 0.25) is 0 Å². The zero-order valence-corrected chi connectivity index (χ0v) is 15.1. The lowest BCUT2D eigenvalue weighted by atomic mass is 10.2. The van der Waals surface area contributed by atoms with E-state index in [1.807, 2.05) is 42.5 Å². The molecular weight excluding hydrogens is 352 g/mol. The van der Waals surface area contributed by atoms with E-state index in [1.165, 1.54) is 4.31 Å². The Morgan fingerprint density at radius 3 is 2.64 bits per heavy atom. The molecule has 0 radical (unpaired) electrons. The summed E-state index contributed by atoms with van der Waals surface area (Å²) in [5.41, 5.74) is 1.61. The van der Waals surface area contributed by atoms with Crippen LogP contribution >= 0.6 is 11.3 Å². The summed E-state index contributed by atoms with van der Waals surface area (Å²) in [7, 11) is -3.65. The first kappa shape index (κ1) is 16.3. The SMILES string of the molecule is O=S(=O)(C#Cc1ccccc1)N1CCC[C@H]1c1nc2ccccc2s1. The quantitative estimate of drug-likeness (QED) is 0.647. The van der Waals surface area contributed by atoms with Crippen LogP contribution in [0, 0.1) is 11.2 Å². The third kappa shape index (κ3) is 3.31. The fraction of sp³-hybridized carbons (Fsp3) is 0.211. The van der Waals surface area contributed by atoms with Gasteiger partial charge in [0.05, 0.1) is 16.3 Å². The van der Waals surface area contributed by atoms with Crippen molar-refractivity contribution in [2.24, 2.45) is 0 Å². The highest BCUT2D eigenvalue weighted by Crippen LogP contribution is 2.37. The molecule has 0 unspecified atom stereocenters. The van der Waals surface area contributed by atoms with Gasteiger partial charge >= 0.3 is 0 Å². The maximum absolute atomic E-state index is 12.7. The summed E-state index contributed by atoms with van der Waals surface area (Å²) in [6, 6.07) is 16.8. The molecule has 4 rings (SSSR count). The highest BCUT2D eigenvalue weighted by molar-refractivity contribution is 7.93. The molecule has 0 saturated carbocycles. The molecule has 0 amide bonds. The van der Waals surface area contributed by atoms with E-state index in [-0.39, 0.29) is 6.04 Å². The molecule has 6 heteroatoms. The average Bonchev–Trinajstić information content (AvgIpc) is 3.27. The van der Waals surface area contributed by atoms with Gasteiger partial charge in [-0.25, -0.2) is 4.98 Å². The second kappa shape index (κ2) is 6.60. The second-order valence-electron chi connectivity index (χ2n) is 5.89. The number of hydrogen-bond acceptors (Lipinski definition) is 4. The molecule has 2 aromatic carbocycles. The molecule has 25 heavy (non-hydrogen) atoms. The molecule has 1 aliphatic rings. The van der Waals surface area contributed by atoms with Crippen molar-refractivity contribution < 1.29 is 8.42 Å². The van der Waals surface area contributed by atoms with Gasteiger partial charge in [0.25, 0.3) is 10.0 Å². The monoisotopic (exact) mass is 368 g/mol. The molecule has 0 spiro atoms. The molecule has 0 aliphatic carbocycles. The molecule has 1 fully saturated rings. The third-order valence-corrected chi connectivity index (χ3v) is 6.76. The number of hydrogen-bond donors (Lipinski definition) is 0. The molecule has 0 N–H and O–H groups in total. The molecule has 1 aliphatic heterocycles. The van der Waals surface area contributed by atoms with Crippen LogP contribution in [-0.4, -0.2) is 24.3 Å². The summed E-state index contributed by atoms with van der Waals surface area (Å²) in [5.74, 6) is 2.76. The van der Waals surface area contributed by atoms with E-state index < -0.39 is 10.0 Å². The lowest BCUT2D eigenvalue weighted by Gasteiger charge is -2.19. The molecule has 2 heterocycles. The summed E-state index contributed by atoms with van der Waals surface area (Å²) < 4.78 is 28.0. The highest BCUT2D eigenvalue weighted by Gasteiger charge is 2.36. The summed E-state index contributed by atoms with van der Waals surface area (Å²) in [6.07, 6.45) is 1.61. The summed E-state index contributed by atoms with van der Waals surface area (Å²) in [4.78, 5) is 4.64. The summed E-state index contributed by atoms with van der Waals surface area (Å²) in [6.45, 7) is 0.492. The number of benzene rings is 2. The molecule has 1 saturated heterocycles. The van der Waals surface area contributed by atoms with Gasteiger partial charge in [0.1, 0.15) is 5.01 Å². The highest BCUT2D eigenvalue weighted by atomic mass is 32.2. The predicted octanol–water partition coefficient (Wildman–Crippen LogP) is 3.77. The van der Waals surface area contributed by atoms with Crippen molar-refractivity contribution in [1.82, 2.24) is 9.29 Å². The number of nitrogens with zero attached hydrogens (tertiary/aromatic N) is 2. The second-order valence-corrected chi connectivity index (χ2v) is 8.57. The van der Waals surface area contributed by atoms with Crippen molar-refractivity contribution >= 4 is 31.6 Å². The topological polar surface area (TPSA) is 50.3 Å². The summed E-state index contributed by atoms with van der Waals surface area (Å²) in [5, 5.41) is 3.33. The van der Waals surface area contributed by atoms with Crippen LogP contribution in [0.2, 0.25) is 0 Å². The van der Waals surface area contributed by atoms with Gasteiger partial charge in [-0.1, -0.05) is 30.3 Å². The fourth-order valence-electron chi connectivity index (χ4n) is 3.01. The Bertz CT molecular complexity index is 1030. The Kier molecular flexibility index (Phi) is 4.30. The maximum atomic E-state index is 12.7. The van der Waals surface area contributed by atoms with E-state index in [4.69, 9.17) is 0 Å². The minimum Gasteiger partial charge on any atom is -0.239 e. The smallest absolute Gasteiger partial charge is 0.239 e. The number of thiazole rings is 1. The van der Waals surface area contributed by atoms with Crippen LogP contribution in [0.5, 0.6) is 0 Å². The van der Waals surface area contributed by atoms with Crippen LogP contribution in [0.4, 0.5) is 0 Å². The largest absolute Gasteiger partial charge is 0.283 e. The lowest BCUT2D eigenvalue weighted by Crippen LogP contribution is -2.29. The number of sulfonamides is 1. The molecule has 126 valence electrons. The number of rotatable bonds is 2. The van der Waals surface area contributed by atoms with Crippen molar-refractivity contribution in [3.63, 3.8) is 0 Å². The van der Waals surface area contributed by atoms with Crippen molar-refractivity contribution in [1.29, 1.82) is 0 Å². The van der Waals surface area contributed by atoms with Gasteiger partial charge in [0.15, 0.2) is 0 Å². The van der Waals surface area contributed by atoms with Crippen LogP contribution in [0.15, 0.2) is 54.6 Å². The maximum Gasteiger partial charge on any atom is 0.283 e. The van der Waals surface area contributed by atoms with Crippen LogP contribution in [0.1, 0.15) is 29.5 Å². The standard InChI is InChI=1S/C19H16N2O2S2/c22-25(23,14-12-15-7-2-1-3-8-15)21-13-6-10-17(21)19-20-16-9-4-5-11-18(16)24-19/h1-5,7-9,11,17H,6,10,13H2/t17-/m0/s1. The Labute approximate surface area is 151 Å². The first-order valence-electron chi connectivity index (χ1n) is 8.08. The Morgan fingerprint density at radius 1 is 1.08 bits per heavy atom. The van der Waals surface area contributed by atoms with E-state index >= 15 is 0 Å². The minimum absolute atomic E-state index is 0.215. The zero-order valence-electron chi connectivity index (χ0n) is 13.4. The zero-order chi connectivity index (χ0) is 17.3. The molecule has 4 nitrogen and oxygen atoms in total. The van der Waals surface area contributed by atoms with Crippen LogP contribution in [0.3, 0.4) is 0 Å². The first-order valence-corrected chi connectivity index (χ1v) is 10.3. The van der Waals surface area contributed by atoms with E-state index in [0.717, 1.165) is 28.1 Å². The third-order valence-electron chi connectivity index (χ3n) is 4.21. The molecule has 0 bridgehead atoms. The van der Waals surface area contributed by atoms with E-state index in [9.17, 15) is 8.42 Å². The van der Waals surface area contributed by atoms with Gasteiger partial charge in [-0.3, -0.25) is 0 Å². The number of fused-ring (bicyclic) bond motifs is 1. The van der Waals surface area contributed by atoms with Gasteiger partial charge < -0.3 is 0 Å². The van der Waals surface area contributed by atoms with Crippen molar-refractivity contribution in [2.75, 3.05) is 6.54 Å². The van der Waals surface area contributed by atoms with E-state index in [2.05, 4.69) is 16.2 Å². The van der Waals surface area contributed by atoms with Crippen LogP contribution in [0.25, 0.3) is 10.2 Å².